The second kappa shape index (κ2) is 5.54. The van der Waals surface area contributed by atoms with E-state index in [0.29, 0.717) is 17.0 Å². The number of benzene rings is 1. The van der Waals surface area contributed by atoms with Crippen LogP contribution in [0.15, 0.2) is 35.5 Å². The Morgan fingerprint density at radius 1 is 1.08 bits per heavy atom. The molecule has 0 saturated heterocycles. The van der Waals surface area contributed by atoms with Crippen LogP contribution in [0.25, 0.3) is 33.6 Å². The summed E-state index contributed by atoms with van der Waals surface area (Å²) in [4.78, 5) is 31.8. The summed E-state index contributed by atoms with van der Waals surface area (Å²) in [5.74, 6) is 0.618. The molecule has 3 heterocycles. The van der Waals surface area contributed by atoms with Gasteiger partial charge in [-0.05, 0) is 31.0 Å². The van der Waals surface area contributed by atoms with Crippen LogP contribution < -0.4 is 5.69 Å². The molecule has 1 saturated carbocycles. The van der Waals surface area contributed by atoms with Gasteiger partial charge in [0.15, 0.2) is 11.5 Å². The second-order valence-corrected chi connectivity index (χ2v) is 6.66. The van der Waals surface area contributed by atoms with E-state index in [2.05, 4.69) is 19.9 Å². The van der Waals surface area contributed by atoms with E-state index in [4.69, 9.17) is 4.98 Å². The highest BCUT2D eigenvalue weighted by atomic mass is 16.1. The van der Waals surface area contributed by atoms with Gasteiger partial charge in [0, 0.05) is 11.6 Å². The maximum atomic E-state index is 12.5. The molecule has 0 amide bonds. The zero-order valence-electron chi connectivity index (χ0n) is 13.7. The Morgan fingerprint density at radius 2 is 1.96 bits per heavy atom. The minimum atomic E-state index is -0.0858. The first-order chi connectivity index (χ1) is 12.3. The molecule has 7 nitrogen and oxygen atoms in total. The summed E-state index contributed by atoms with van der Waals surface area (Å²) >= 11 is 0. The number of aromatic amines is 2. The summed E-state index contributed by atoms with van der Waals surface area (Å²) in [5.41, 5.74) is 4.07. The van der Waals surface area contributed by atoms with Crippen molar-refractivity contribution in [2.75, 3.05) is 0 Å². The van der Waals surface area contributed by atoms with E-state index in [1.54, 1.807) is 12.5 Å². The van der Waals surface area contributed by atoms with E-state index in [1.165, 1.54) is 6.42 Å². The number of hydrogen-bond donors (Lipinski definition) is 2. The minimum Gasteiger partial charge on any atom is -0.345 e. The molecule has 126 valence electrons. The fraction of sp³-hybridized carbons (Fsp3) is 0.333. The largest absolute Gasteiger partial charge is 0.345 e. The van der Waals surface area contributed by atoms with E-state index < -0.39 is 0 Å². The lowest BCUT2D eigenvalue weighted by Crippen LogP contribution is -2.24. The highest BCUT2D eigenvalue weighted by molar-refractivity contribution is 5.81. The van der Waals surface area contributed by atoms with Gasteiger partial charge < -0.3 is 9.97 Å². The SMILES string of the molecule is O=c1[nH]c2cnc(-c3ccc4nc[nH]c4c3)nc2n1C1CCCCC1. The Labute approximate surface area is 143 Å². The van der Waals surface area contributed by atoms with Crippen LogP contribution >= 0.6 is 0 Å². The number of aromatic nitrogens is 6. The van der Waals surface area contributed by atoms with Crippen molar-refractivity contribution in [3.05, 3.63) is 41.2 Å². The van der Waals surface area contributed by atoms with Crippen molar-refractivity contribution in [1.82, 2.24) is 29.5 Å². The van der Waals surface area contributed by atoms with Crippen molar-refractivity contribution >= 4 is 22.2 Å². The van der Waals surface area contributed by atoms with Crippen molar-refractivity contribution in [3.8, 4) is 11.4 Å². The number of hydrogen-bond acceptors (Lipinski definition) is 4. The van der Waals surface area contributed by atoms with Crippen LogP contribution in [-0.4, -0.2) is 29.5 Å². The molecule has 4 aromatic rings. The van der Waals surface area contributed by atoms with Gasteiger partial charge in [-0.25, -0.2) is 19.7 Å². The standard InChI is InChI=1S/C18H18N6O/c25-18-22-15-9-19-16(11-6-7-13-14(8-11)21-10-20-13)23-17(15)24(18)12-4-2-1-3-5-12/h6-10,12H,1-5H2,(H,20,21)(H,22,25). The molecule has 3 aromatic heterocycles. The molecule has 25 heavy (non-hydrogen) atoms. The van der Waals surface area contributed by atoms with E-state index in [9.17, 15) is 4.79 Å². The number of nitrogens with zero attached hydrogens (tertiary/aromatic N) is 4. The summed E-state index contributed by atoms with van der Waals surface area (Å²) < 4.78 is 1.83. The van der Waals surface area contributed by atoms with Gasteiger partial charge in [0.25, 0.3) is 0 Å². The average molecular weight is 334 g/mol. The first-order valence-electron chi connectivity index (χ1n) is 8.70. The molecule has 1 aliphatic rings. The van der Waals surface area contributed by atoms with Crippen molar-refractivity contribution in [2.45, 2.75) is 38.1 Å². The summed E-state index contributed by atoms with van der Waals surface area (Å²) in [7, 11) is 0. The summed E-state index contributed by atoms with van der Waals surface area (Å²) in [6.07, 6.45) is 9.02. The Hall–Kier alpha value is -2.96. The third-order valence-electron chi connectivity index (χ3n) is 5.08. The number of H-pyrrole nitrogens is 2. The van der Waals surface area contributed by atoms with E-state index in [0.717, 1.165) is 42.3 Å². The zero-order chi connectivity index (χ0) is 16.8. The normalized spacial score (nSPS) is 16.0. The van der Waals surface area contributed by atoms with Gasteiger partial charge in [-0.3, -0.25) is 4.57 Å². The first-order valence-corrected chi connectivity index (χ1v) is 8.70. The molecule has 0 unspecified atom stereocenters. The third-order valence-corrected chi connectivity index (χ3v) is 5.08. The number of nitrogens with one attached hydrogen (secondary N) is 2. The Balaban J connectivity index is 1.65. The van der Waals surface area contributed by atoms with Gasteiger partial charge >= 0.3 is 5.69 Å². The topological polar surface area (TPSA) is 92.2 Å². The molecule has 0 radical (unpaired) electrons. The second-order valence-electron chi connectivity index (χ2n) is 6.66. The Bertz CT molecular complexity index is 1120. The molecule has 1 aromatic carbocycles. The molecular formula is C18H18N6O. The molecule has 0 spiro atoms. The highest BCUT2D eigenvalue weighted by Crippen LogP contribution is 2.29. The van der Waals surface area contributed by atoms with Crippen LogP contribution in [0.1, 0.15) is 38.1 Å². The van der Waals surface area contributed by atoms with Gasteiger partial charge in [-0.1, -0.05) is 19.3 Å². The lowest BCUT2D eigenvalue weighted by molar-refractivity contribution is 0.352. The lowest BCUT2D eigenvalue weighted by atomic mass is 9.95. The molecule has 0 bridgehead atoms. The molecule has 5 rings (SSSR count). The molecular weight excluding hydrogens is 316 g/mol. The van der Waals surface area contributed by atoms with Crippen molar-refractivity contribution in [2.24, 2.45) is 0 Å². The smallest absolute Gasteiger partial charge is 0.327 e. The maximum Gasteiger partial charge on any atom is 0.327 e. The van der Waals surface area contributed by atoms with Gasteiger partial charge in [-0.2, -0.15) is 0 Å². The molecule has 1 fully saturated rings. The average Bonchev–Trinajstić information content (AvgIpc) is 3.24. The molecule has 2 N–H and O–H groups in total. The fourth-order valence-electron chi connectivity index (χ4n) is 3.81. The fourth-order valence-corrected chi connectivity index (χ4v) is 3.81. The Kier molecular flexibility index (Phi) is 3.19. The molecule has 0 aliphatic heterocycles. The monoisotopic (exact) mass is 334 g/mol. The van der Waals surface area contributed by atoms with Crippen LogP contribution in [0.3, 0.4) is 0 Å². The van der Waals surface area contributed by atoms with E-state index in [1.807, 2.05) is 22.8 Å². The van der Waals surface area contributed by atoms with Crippen LogP contribution in [0.5, 0.6) is 0 Å². The predicted octanol–water partition coefficient (Wildman–Crippen LogP) is 3.17. The third kappa shape index (κ3) is 2.34. The van der Waals surface area contributed by atoms with Crippen LogP contribution in [0.2, 0.25) is 0 Å². The molecule has 0 atom stereocenters. The predicted molar refractivity (Wildman–Crippen MR) is 95.4 cm³/mol. The quantitative estimate of drug-likeness (QED) is 0.589. The minimum absolute atomic E-state index is 0.0858. The first kappa shape index (κ1) is 14.4. The maximum absolute atomic E-state index is 12.5. The summed E-state index contributed by atoms with van der Waals surface area (Å²) in [6, 6.07) is 6.12. The van der Waals surface area contributed by atoms with Crippen LogP contribution in [-0.2, 0) is 0 Å². The number of imidazole rings is 2. The van der Waals surface area contributed by atoms with Gasteiger partial charge in [0.05, 0.1) is 23.6 Å². The Morgan fingerprint density at radius 3 is 2.84 bits per heavy atom. The van der Waals surface area contributed by atoms with Crippen molar-refractivity contribution < 1.29 is 0 Å². The highest BCUT2D eigenvalue weighted by Gasteiger charge is 2.21. The summed E-state index contributed by atoms with van der Waals surface area (Å²) in [5, 5.41) is 0. The van der Waals surface area contributed by atoms with Crippen LogP contribution in [0.4, 0.5) is 0 Å². The van der Waals surface area contributed by atoms with Crippen molar-refractivity contribution in [1.29, 1.82) is 0 Å². The van der Waals surface area contributed by atoms with E-state index >= 15 is 0 Å². The number of fused-ring (bicyclic) bond motifs is 2. The van der Waals surface area contributed by atoms with Gasteiger partial charge in [-0.15, -0.1) is 0 Å². The van der Waals surface area contributed by atoms with Gasteiger partial charge in [0.2, 0.25) is 0 Å². The molecule has 1 aliphatic carbocycles. The van der Waals surface area contributed by atoms with Gasteiger partial charge in [0.1, 0.15) is 5.52 Å². The van der Waals surface area contributed by atoms with Crippen molar-refractivity contribution in [3.63, 3.8) is 0 Å². The molecule has 7 heteroatoms. The number of rotatable bonds is 2. The van der Waals surface area contributed by atoms with E-state index in [-0.39, 0.29) is 11.7 Å². The van der Waals surface area contributed by atoms with Crippen LogP contribution in [0, 0.1) is 0 Å². The summed E-state index contributed by atoms with van der Waals surface area (Å²) in [6.45, 7) is 0. The lowest BCUT2D eigenvalue weighted by Gasteiger charge is -2.22. The zero-order valence-corrected chi connectivity index (χ0v) is 13.7.